The van der Waals surface area contributed by atoms with Crippen molar-refractivity contribution < 1.29 is 28.6 Å². The molecule has 0 aromatic carbocycles. The van der Waals surface area contributed by atoms with E-state index in [2.05, 4.69) is 93.7 Å². The van der Waals surface area contributed by atoms with Gasteiger partial charge in [-0.2, -0.15) is 0 Å². The van der Waals surface area contributed by atoms with E-state index in [0.717, 1.165) is 89.9 Å². The molecule has 0 aromatic rings. The summed E-state index contributed by atoms with van der Waals surface area (Å²) in [7, 11) is 0. The molecule has 0 spiro atoms. The smallest absolute Gasteiger partial charge is 0.306 e. The zero-order valence-corrected chi connectivity index (χ0v) is 42.7. The maximum atomic E-state index is 12.8. The highest BCUT2D eigenvalue weighted by atomic mass is 16.6. The van der Waals surface area contributed by atoms with E-state index in [1.165, 1.54) is 128 Å². The molecule has 0 aromatic heterocycles. The van der Waals surface area contributed by atoms with Crippen LogP contribution in [0.4, 0.5) is 0 Å². The van der Waals surface area contributed by atoms with E-state index in [9.17, 15) is 14.4 Å². The molecule has 1 atom stereocenters. The van der Waals surface area contributed by atoms with E-state index in [0.29, 0.717) is 25.7 Å². The number of ether oxygens (including phenoxy) is 3. The van der Waals surface area contributed by atoms with Crippen molar-refractivity contribution in [1.82, 2.24) is 0 Å². The van der Waals surface area contributed by atoms with Gasteiger partial charge >= 0.3 is 17.9 Å². The molecule has 0 N–H and O–H groups in total. The van der Waals surface area contributed by atoms with Crippen LogP contribution in [0.25, 0.3) is 0 Å². The van der Waals surface area contributed by atoms with Crippen LogP contribution in [0.1, 0.15) is 265 Å². The highest BCUT2D eigenvalue weighted by molar-refractivity contribution is 5.71. The van der Waals surface area contributed by atoms with Crippen molar-refractivity contribution in [3.63, 3.8) is 0 Å². The van der Waals surface area contributed by atoms with Crippen LogP contribution in [0.2, 0.25) is 0 Å². The van der Waals surface area contributed by atoms with Crippen molar-refractivity contribution >= 4 is 17.9 Å². The lowest BCUT2D eigenvalue weighted by Crippen LogP contribution is -2.30. The average Bonchev–Trinajstić information content (AvgIpc) is 3.30. The van der Waals surface area contributed by atoms with Crippen molar-refractivity contribution in [2.45, 2.75) is 271 Å². The van der Waals surface area contributed by atoms with Gasteiger partial charge in [0.2, 0.25) is 0 Å². The number of esters is 3. The summed E-state index contributed by atoms with van der Waals surface area (Å²) in [5, 5.41) is 0. The second-order valence-electron chi connectivity index (χ2n) is 18.1. The first-order chi connectivity index (χ1) is 32.0. The van der Waals surface area contributed by atoms with E-state index in [-0.39, 0.29) is 31.1 Å². The lowest BCUT2D eigenvalue weighted by molar-refractivity contribution is -0.167. The van der Waals surface area contributed by atoms with E-state index >= 15 is 0 Å². The van der Waals surface area contributed by atoms with Crippen LogP contribution in [-0.2, 0) is 28.6 Å². The molecule has 0 aliphatic heterocycles. The molecule has 0 rings (SSSR count). The first-order valence-electron chi connectivity index (χ1n) is 27.4. The van der Waals surface area contributed by atoms with Gasteiger partial charge in [-0.3, -0.25) is 14.4 Å². The molecular formula is C59H102O6. The van der Waals surface area contributed by atoms with Crippen molar-refractivity contribution in [1.29, 1.82) is 0 Å². The number of carbonyl (C=O) groups excluding carboxylic acids is 3. The summed E-state index contributed by atoms with van der Waals surface area (Å²) in [5.41, 5.74) is 0. The fourth-order valence-corrected chi connectivity index (χ4v) is 7.59. The monoisotopic (exact) mass is 907 g/mol. The standard InChI is InChI=1S/C59H102O6/c1-4-7-10-13-16-19-21-23-25-27-29-31-33-35-37-40-43-46-49-52-58(61)64-55-56(54-63-57(60)51-48-45-42-39-18-15-12-9-6-3)65-59(62)53-50-47-44-41-38-36-34-32-30-28-26-24-22-20-17-14-11-8-5-2/h7,10,16,19,23,25,29,31,35,37,39,42,56H,4-6,8-9,11-15,17-18,20-22,24,26-28,30,32-34,36,38,40-41,43-55H2,1-3H3/b10-7-,19-16-,25-23-,31-29-,37-35-,42-39-. The molecule has 6 nitrogen and oxygen atoms in total. The van der Waals surface area contributed by atoms with E-state index in [4.69, 9.17) is 14.2 Å². The van der Waals surface area contributed by atoms with E-state index in [1.54, 1.807) is 0 Å². The Balaban J connectivity index is 4.35. The minimum Gasteiger partial charge on any atom is -0.462 e. The van der Waals surface area contributed by atoms with Crippen LogP contribution in [0.5, 0.6) is 0 Å². The molecule has 0 fully saturated rings. The maximum absolute atomic E-state index is 12.8. The van der Waals surface area contributed by atoms with Crippen LogP contribution in [0.3, 0.4) is 0 Å². The molecule has 0 bridgehead atoms. The second-order valence-corrected chi connectivity index (χ2v) is 18.1. The largest absolute Gasteiger partial charge is 0.462 e. The molecule has 0 amide bonds. The Hall–Kier alpha value is -3.15. The van der Waals surface area contributed by atoms with Gasteiger partial charge in [-0.25, -0.2) is 0 Å². The number of carbonyl (C=O) groups is 3. The maximum Gasteiger partial charge on any atom is 0.306 e. The Labute approximate surface area is 402 Å². The molecule has 0 heterocycles. The van der Waals surface area contributed by atoms with Gasteiger partial charge in [-0.1, -0.05) is 235 Å². The van der Waals surface area contributed by atoms with Crippen LogP contribution in [0.15, 0.2) is 72.9 Å². The number of hydrogen-bond donors (Lipinski definition) is 0. The molecule has 0 aliphatic carbocycles. The zero-order valence-electron chi connectivity index (χ0n) is 42.7. The molecule has 0 radical (unpaired) electrons. The molecular weight excluding hydrogens is 805 g/mol. The lowest BCUT2D eigenvalue weighted by atomic mass is 10.0. The molecule has 0 saturated carbocycles. The highest BCUT2D eigenvalue weighted by Crippen LogP contribution is 2.16. The third-order valence-electron chi connectivity index (χ3n) is 11.7. The summed E-state index contributed by atoms with van der Waals surface area (Å²) in [4.78, 5) is 37.9. The third kappa shape index (κ3) is 51.7. The van der Waals surface area contributed by atoms with Crippen molar-refractivity contribution in [2.75, 3.05) is 13.2 Å². The van der Waals surface area contributed by atoms with Gasteiger partial charge in [0.05, 0.1) is 0 Å². The van der Waals surface area contributed by atoms with Crippen LogP contribution in [0, 0.1) is 0 Å². The minimum absolute atomic E-state index is 0.0994. The predicted molar refractivity (Wildman–Crippen MR) is 279 cm³/mol. The Kier molecular flexibility index (Phi) is 50.9. The molecule has 0 saturated heterocycles. The molecule has 0 aliphatic rings. The number of allylic oxidation sites excluding steroid dienone is 12. The Morgan fingerprint density at radius 1 is 0.323 bits per heavy atom. The van der Waals surface area contributed by atoms with Gasteiger partial charge in [0.15, 0.2) is 6.10 Å². The SMILES string of the molecule is CC/C=C\C/C=C\C/C=C\C/C=C\C/C=C\CCCCCC(=O)OCC(COC(=O)CCC/C=C\CCCCCC)OC(=O)CCCCCCCCCCCCCCCCCCCCC. The van der Waals surface area contributed by atoms with Crippen LogP contribution >= 0.6 is 0 Å². The quantitative estimate of drug-likeness (QED) is 0.0262. The van der Waals surface area contributed by atoms with Crippen molar-refractivity contribution in [3.05, 3.63) is 72.9 Å². The van der Waals surface area contributed by atoms with Gasteiger partial charge in [0, 0.05) is 19.3 Å². The first-order valence-corrected chi connectivity index (χ1v) is 27.4. The summed E-state index contributed by atoms with van der Waals surface area (Å²) in [5.74, 6) is -0.958. The molecule has 1 unspecified atom stereocenters. The van der Waals surface area contributed by atoms with Crippen LogP contribution < -0.4 is 0 Å². The molecule has 6 heteroatoms. The summed E-state index contributed by atoms with van der Waals surface area (Å²) < 4.78 is 16.7. The summed E-state index contributed by atoms with van der Waals surface area (Å²) in [6.45, 7) is 6.45. The highest BCUT2D eigenvalue weighted by Gasteiger charge is 2.19. The topological polar surface area (TPSA) is 78.9 Å². The summed E-state index contributed by atoms with van der Waals surface area (Å²) >= 11 is 0. The zero-order chi connectivity index (χ0) is 47.2. The Bertz CT molecular complexity index is 1230. The van der Waals surface area contributed by atoms with Gasteiger partial charge in [-0.05, 0) is 83.5 Å². The Morgan fingerprint density at radius 3 is 1.03 bits per heavy atom. The molecule has 374 valence electrons. The van der Waals surface area contributed by atoms with Crippen molar-refractivity contribution in [2.24, 2.45) is 0 Å². The lowest BCUT2D eigenvalue weighted by Gasteiger charge is -2.18. The van der Waals surface area contributed by atoms with Gasteiger partial charge in [-0.15, -0.1) is 0 Å². The Morgan fingerprint density at radius 2 is 0.615 bits per heavy atom. The average molecular weight is 907 g/mol. The minimum atomic E-state index is -0.797. The fourth-order valence-electron chi connectivity index (χ4n) is 7.59. The predicted octanol–water partition coefficient (Wildman–Crippen LogP) is 18.2. The van der Waals surface area contributed by atoms with Gasteiger partial charge in [0.1, 0.15) is 13.2 Å². The number of rotatable bonds is 49. The molecule has 65 heavy (non-hydrogen) atoms. The second kappa shape index (κ2) is 53.5. The number of unbranched alkanes of at least 4 members (excludes halogenated alkanes) is 26. The number of hydrogen-bond acceptors (Lipinski definition) is 6. The summed E-state index contributed by atoms with van der Waals surface area (Å²) in [6, 6.07) is 0. The van der Waals surface area contributed by atoms with Crippen molar-refractivity contribution in [3.8, 4) is 0 Å². The van der Waals surface area contributed by atoms with E-state index in [1.807, 2.05) is 0 Å². The van der Waals surface area contributed by atoms with E-state index < -0.39 is 6.10 Å². The fraction of sp³-hybridized carbons (Fsp3) is 0.746. The first kappa shape index (κ1) is 61.9. The van der Waals surface area contributed by atoms with Gasteiger partial charge < -0.3 is 14.2 Å². The normalized spacial score (nSPS) is 12.6. The summed E-state index contributed by atoms with van der Waals surface area (Å²) in [6.07, 6.45) is 67.6. The van der Waals surface area contributed by atoms with Gasteiger partial charge in [0.25, 0.3) is 0 Å². The third-order valence-corrected chi connectivity index (χ3v) is 11.7. The van der Waals surface area contributed by atoms with Crippen LogP contribution in [-0.4, -0.2) is 37.2 Å².